The van der Waals surface area contributed by atoms with Crippen molar-refractivity contribution in [1.82, 2.24) is 25.3 Å². The number of carbonyl (C=O) groups excluding carboxylic acids is 1. The maximum atomic E-state index is 13.0. The largest absolute Gasteiger partial charge is 0.375 e. The van der Waals surface area contributed by atoms with E-state index in [4.69, 9.17) is 14.7 Å². The molecule has 1 N–H and O–H groups in total. The van der Waals surface area contributed by atoms with Crippen molar-refractivity contribution in [1.29, 1.82) is 5.26 Å². The summed E-state index contributed by atoms with van der Waals surface area (Å²) in [6.45, 7) is 3.89. The molecule has 0 spiro atoms. The average Bonchev–Trinajstić information content (AvgIpc) is 3.58. The minimum Gasteiger partial charge on any atom is -0.375 e. The number of benzene rings is 1. The standard InChI is InChI=1S/C30H27N7O2/c1-30(16-31)17-39-15-21-3-2-19(10-24(21)30)28(38)34-13-22-11-27-20(12-33-22)4-5-25(35-27)26-6-7-32-29(36-26)37-14-18-8-23(37)9-18/h2-7,10-12,18,23H,8-9,13-15,17H2,1H3,(H,34,38)/t18?,23?,30-/m1/s1. The number of nitriles is 1. The molecule has 1 aliphatic carbocycles. The first kappa shape index (κ1) is 23.7. The van der Waals surface area contributed by atoms with E-state index >= 15 is 0 Å². The fourth-order valence-electron chi connectivity index (χ4n) is 5.87. The third kappa shape index (κ3) is 4.17. The molecule has 4 aromatic rings. The van der Waals surface area contributed by atoms with Crippen LogP contribution in [0, 0.1) is 17.2 Å². The molecular formula is C30H27N7O2. The van der Waals surface area contributed by atoms with E-state index in [2.05, 4.69) is 26.3 Å². The molecule has 9 nitrogen and oxygen atoms in total. The first-order chi connectivity index (χ1) is 19.0. The van der Waals surface area contributed by atoms with Crippen molar-refractivity contribution in [2.24, 2.45) is 5.92 Å². The van der Waals surface area contributed by atoms with Gasteiger partial charge in [-0.2, -0.15) is 5.26 Å². The van der Waals surface area contributed by atoms with Gasteiger partial charge in [-0.1, -0.05) is 6.07 Å². The minimum absolute atomic E-state index is 0.221. The molecule has 1 aromatic carbocycles. The summed E-state index contributed by atoms with van der Waals surface area (Å²) in [5.41, 5.74) is 4.58. The van der Waals surface area contributed by atoms with Crippen molar-refractivity contribution in [2.75, 3.05) is 18.1 Å². The van der Waals surface area contributed by atoms with Crippen LogP contribution in [0.4, 0.5) is 5.95 Å². The molecule has 1 atom stereocenters. The Labute approximate surface area is 225 Å². The molecule has 4 aliphatic rings. The number of aromatic nitrogens is 4. The van der Waals surface area contributed by atoms with Gasteiger partial charge in [-0.05, 0) is 73.2 Å². The number of anilines is 1. The molecule has 3 fully saturated rings. The summed E-state index contributed by atoms with van der Waals surface area (Å²) in [6.07, 6.45) is 6.07. The minimum atomic E-state index is -0.771. The lowest BCUT2D eigenvalue weighted by Crippen LogP contribution is -2.33. The van der Waals surface area contributed by atoms with Crippen molar-refractivity contribution in [3.05, 3.63) is 77.2 Å². The van der Waals surface area contributed by atoms with Crippen LogP contribution in [0.3, 0.4) is 0 Å². The number of carbonyl (C=O) groups is 1. The lowest BCUT2D eigenvalue weighted by atomic mass is 9.79. The Hall–Kier alpha value is -4.42. The number of hydrogen-bond acceptors (Lipinski definition) is 8. The lowest BCUT2D eigenvalue weighted by Gasteiger charge is -2.30. The number of nitrogens with zero attached hydrogens (tertiary/aromatic N) is 6. The highest BCUT2D eigenvalue weighted by Gasteiger charge is 2.43. The summed E-state index contributed by atoms with van der Waals surface area (Å²) in [6, 6.07) is 16.1. The van der Waals surface area contributed by atoms with Gasteiger partial charge in [0.05, 0.1) is 48.4 Å². The number of nitrogens with one attached hydrogen (secondary N) is 1. The molecule has 0 radical (unpaired) electrons. The summed E-state index contributed by atoms with van der Waals surface area (Å²) in [5.74, 6) is 1.34. The predicted octanol–water partition coefficient (Wildman–Crippen LogP) is 3.93. The molecule has 1 saturated carbocycles. The molecule has 1 amide bonds. The average molecular weight is 518 g/mol. The Morgan fingerprint density at radius 3 is 2.85 bits per heavy atom. The Morgan fingerprint density at radius 2 is 2.03 bits per heavy atom. The molecule has 2 bridgehead atoms. The number of ether oxygens (including phenoxy) is 1. The Bertz CT molecular complexity index is 1660. The second-order valence-electron chi connectivity index (χ2n) is 10.9. The zero-order chi connectivity index (χ0) is 26.6. The summed E-state index contributed by atoms with van der Waals surface area (Å²) < 4.78 is 5.57. The first-order valence-corrected chi connectivity index (χ1v) is 13.3. The van der Waals surface area contributed by atoms with Crippen molar-refractivity contribution in [3.63, 3.8) is 0 Å². The zero-order valence-corrected chi connectivity index (χ0v) is 21.6. The maximum Gasteiger partial charge on any atom is 0.251 e. The van der Waals surface area contributed by atoms with Gasteiger partial charge in [0.2, 0.25) is 5.95 Å². The van der Waals surface area contributed by atoms with Crippen LogP contribution in [0.1, 0.15) is 46.9 Å². The number of amides is 1. The molecule has 9 heteroatoms. The van der Waals surface area contributed by atoms with E-state index in [0.29, 0.717) is 30.5 Å². The topological polar surface area (TPSA) is 117 Å². The quantitative estimate of drug-likeness (QED) is 0.423. The summed E-state index contributed by atoms with van der Waals surface area (Å²) in [7, 11) is 0. The third-order valence-electron chi connectivity index (χ3n) is 8.19. The van der Waals surface area contributed by atoms with Crippen LogP contribution < -0.4 is 10.2 Å². The summed E-state index contributed by atoms with van der Waals surface area (Å²) in [5, 5.41) is 13.5. The van der Waals surface area contributed by atoms with Gasteiger partial charge in [0.1, 0.15) is 5.41 Å². The number of pyridine rings is 2. The third-order valence-corrected chi connectivity index (χ3v) is 8.19. The number of fused-ring (bicyclic) bond motifs is 3. The van der Waals surface area contributed by atoms with Crippen molar-refractivity contribution >= 4 is 22.8 Å². The highest BCUT2D eigenvalue weighted by atomic mass is 16.5. The van der Waals surface area contributed by atoms with Gasteiger partial charge in [0.25, 0.3) is 5.91 Å². The van der Waals surface area contributed by atoms with Gasteiger partial charge in [0.15, 0.2) is 0 Å². The van der Waals surface area contributed by atoms with E-state index < -0.39 is 5.41 Å². The van der Waals surface area contributed by atoms with Crippen LogP contribution in [-0.2, 0) is 23.3 Å². The van der Waals surface area contributed by atoms with Crippen molar-refractivity contribution < 1.29 is 9.53 Å². The van der Waals surface area contributed by atoms with Gasteiger partial charge in [0, 0.05) is 35.9 Å². The van der Waals surface area contributed by atoms with Crippen LogP contribution in [0.25, 0.3) is 22.3 Å². The van der Waals surface area contributed by atoms with E-state index in [1.54, 1.807) is 24.5 Å². The lowest BCUT2D eigenvalue weighted by molar-refractivity contribution is 0.0757. The van der Waals surface area contributed by atoms with Gasteiger partial charge < -0.3 is 15.0 Å². The smallest absolute Gasteiger partial charge is 0.251 e. The van der Waals surface area contributed by atoms with E-state index in [-0.39, 0.29) is 12.5 Å². The monoisotopic (exact) mass is 517 g/mol. The Morgan fingerprint density at radius 1 is 1.15 bits per heavy atom. The van der Waals surface area contributed by atoms with E-state index in [1.165, 1.54) is 12.8 Å². The van der Waals surface area contributed by atoms with E-state index in [9.17, 15) is 10.1 Å². The van der Waals surface area contributed by atoms with Crippen LogP contribution in [-0.4, -0.2) is 45.0 Å². The van der Waals surface area contributed by atoms with Gasteiger partial charge in [-0.3, -0.25) is 9.78 Å². The molecule has 8 rings (SSSR count). The second kappa shape index (κ2) is 9.10. The second-order valence-corrected chi connectivity index (χ2v) is 10.9. The molecule has 3 aromatic heterocycles. The molecule has 2 saturated heterocycles. The van der Waals surface area contributed by atoms with Crippen LogP contribution in [0.2, 0.25) is 0 Å². The highest BCUT2D eigenvalue weighted by Crippen LogP contribution is 2.42. The van der Waals surface area contributed by atoms with Gasteiger partial charge in [-0.15, -0.1) is 0 Å². The molecule has 39 heavy (non-hydrogen) atoms. The summed E-state index contributed by atoms with van der Waals surface area (Å²) >= 11 is 0. The zero-order valence-electron chi connectivity index (χ0n) is 21.6. The first-order valence-electron chi connectivity index (χ1n) is 13.3. The number of rotatable bonds is 5. The number of hydrogen-bond donors (Lipinski definition) is 1. The summed E-state index contributed by atoms with van der Waals surface area (Å²) in [4.78, 5) is 34.0. The van der Waals surface area contributed by atoms with E-state index in [1.807, 2.05) is 37.3 Å². The van der Waals surface area contributed by atoms with Crippen molar-refractivity contribution in [3.8, 4) is 17.5 Å². The normalized spacial score (nSPS) is 23.1. The molecule has 194 valence electrons. The van der Waals surface area contributed by atoms with E-state index in [0.717, 1.165) is 51.8 Å². The van der Waals surface area contributed by atoms with Crippen molar-refractivity contribution in [2.45, 2.75) is 44.4 Å². The predicted molar refractivity (Wildman–Crippen MR) is 145 cm³/mol. The highest BCUT2D eigenvalue weighted by molar-refractivity contribution is 5.94. The molecule has 3 aliphatic heterocycles. The molecule has 6 heterocycles. The molecular weight excluding hydrogens is 490 g/mol. The fraction of sp³-hybridized carbons (Fsp3) is 0.333. The Balaban J connectivity index is 1.09. The fourth-order valence-corrected chi connectivity index (χ4v) is 5.87. The Kier molecular flexibility index (Phi) is 5.53. The van der Waals surface area contributed by atoms with Crippen LogP contribution in [0.5, 0.6) is 0 Å². The maximum absolute atomic E-state index is 13.0. The molecule has 0 unspecified atom stereocenters. The van der Waals surface area contributed by atoms with Crippen LogP contribution >= 0.6 is 0 Å². The van der Waals surface area contributed by atoms with Gasteiger partial charge in [-0.25, -0.2) is 15.0 Å². The SMILES string of the molecule is C[C@@]1(C#N)COCc2ccc(C(=O)NCc3cc4nc(-c5ccnc(N6CC7CC6C7)n5)ccc4cn3)cc21. The van der Waals surface area contributed by atoms with Gasteiger partial charge >= 0.3 is 0 Å². The van der Waals surface area contributed by atoms with Crippen LogP contribution in [0.15, 0.2) is 54.9 Å².